The molecule has 0 spiro atoms. The van der Waals surface area contributed by atoms with Crippen molar-refractivity contribution in [1.29, 1.82) is 0 Å². The van der Waals surface area contributed by atoms with Crippen LogP contribution in [0.25, 0.3) is 10.1 Å². The molecule has 0 saturated carbocycles. The van der Waals surface area contributed by atoms with E-state index in [4.69, 9.17) is 4.74 Å². The molecule has 0 unspecified atom stereocenters. The quantitative estimate of drug-likeness (QED) is 0.639. The number of benzene rings is 2. The van der Waals surface area contributed by atoms with Gasteiger partial charge in [0, 0.05) is 18.3 Å². The van der Waals surface area contributed by atoms with Crippen molar-refractivity contribution in [2.75, 3.05) is 31.3 Å². The van der Waals surface area contributed by atoms with Gasteiger partial charge in [0.15, 0.2) is 0 Å². The van der Waals surface area contributed by atoms with Crippen molar-refractivity contribution < 1.29 is 17.9 Å². The number of hydrogen-bond acceptors (Lipinski definition) is 5. The number of nitrogens with one attached hydrogen (secondary N) is 1. The third-order valence-corrected chi connectivity index (χ3v) is 6.76. The molecule has 1 N–H and O–H groups in total. The molecule has 0 aliphatic carbocycles. The number of amides is 1. The minimum Gasteiger partial charge on any atom is -0.497 e. The average Bonchev–Trinajstić information content (AvgIpc) is 3.10. The molecular weight excluding hydrogens is 396 g/mol. The minimum absolute atomic E-state index is 0.132. The fourth-order valence-corrected chi connectivity index (χ4v) is 4.19. The van der Waals surface area contributed by atoms with Crippen LogP contribution in [0.15, 0.2) is 48.5 Å². The first-order chi connectivity index (χ1) is 13.3. The number of rotatable bonds is 7. The van der Waals surface area contributed by atoms with Crippen LogP contribution >= 0.6 is 11.3 Å². The Labute approximate surface area is 168 Å². The molecule has 0 radical (unpaired) electrons. The summed E-state index contributed by atoms with van der Waals surface area (Å²) >= 11 is 1.39. The number of carbonyl (C=O) groups is 1. The van der Waals surface area contributed by atoms with E-state index in [0.717, 1.165) is 34.1 Å². The minimum atomic E-state index is -3.33. The lowest BCUT2D eigenvalue weighted by molar-refractivity contribution is 0.0958. The van der Waals surface area contributed by atoms with Crippen molar-refractivity contribution in [1.82, 2.24) is 5.32 Å². The van der Waals surface area contributed by atoms with Gasteiger partial charge < -0.3 is 10.1 Å². The third kappa shape index (κ3) is 4.63. The second-order valence-electron chi connectivity index (χ2n) is 6.42. The van der Waals surface area contributed by atoms with E-state index in [2.05, 4.69) is 5.32 Å². The number of ether oxygens (including phenoxy) is 1. The summed E-state index contributed by atoms with van der Waals surface area (Å²) in [7, 11) is -0.190. The van der Waals surface area contributed by atoms with Crippen LogP contribution < -0.4 is 14.4 Å². The highest BCUT2D eigenvalue weighted by atomic mass is 32.2. The molecule has 0 fully saturated rings. The Morgan fingerprint density at radius 2 is 1.86 bits per heavy atom. The van der Waals surface area contributed by atoms with E-state index in [1.165, 1.54) is 22.7 Å². The molecule has 0 atom stereocenters. The van der Waals surface area contributed by atoms with Gasteiger partial charge in [0.1, 0.15) is 5.75 Å². The van der Waals surface area contributed by atoms with Crippen LogP contribution in [0.5, 0.6) is 5.75 Å². The molecule has 2 aromatic carbocycles. The molecule has 0 aliphatic rings. The Hall–Kier alpha value is -2.58. The molecule has 3 aromatic rings. The molecule has 8 heteroatoms. The largest absolute Gasteiger partial charge is 0.497 e. The maximum atomic E-state index is 12.5. The van der Waals surface area contributed by atoms with Crippen molar-refractivity contribution >= 4 is 43.0 Å². The molecule has 148 valence electrons. The first-order valence-corrected chi connectivity index (χ1v) is 11.3. The SMILES string of the molecule is COc1ccc(CCNC(=O)c2cc3cc(N(C)S(C)(=O)=O)ccc3s2)cc1. The summed E-state index contributed by atoms with van der Waals surface area (Å²) in [6.45, 7) is 0.529. The monoisotopic (exact) mass is 418 g/mol. The Balaban J connectivity index is 1.66. The average molecular weight is 419 g/mol. The molecule has 0 bridgehead atoms. The molecular formula is C20H22N2O4S2. The molecule has 1 heterocycles. The Morgan fingerprint density at radius 3 is 2.50 bits per heavy atom. The molecule has 1 aromatic heterocycles. The zero-order valence-corrected chi connectivity index (χ0v) is 17.6. The zero-order chi connectivity index (χ0) is 20.3. The molecule has 6 nitrogen and oxygen atoms in total. The van der Waals surface area contributed by atoms with Gasteiger partial charge in [-0.25, -0.2) is 8.42 Å². The van der Waals surface area contributed by atoms with Crippen molar-refractivity contribution in [2.24, 2.45) is 0 Å². The van der Waals surface area contributed by atoms with Gasteiger partial charge in [0.2, 0.25) is 10.0 Å². The van der Waals surface area contributed by atoms with Gasteiger partial charge in [-0.2, -0.15) is 0 Å². The number of carbonyl (C=O) groups excluding carboxylic acids is 1. The highest BCUT2D eigenvalue weighted by Gasteiger charge is 2.15. The highest BCUT2D eigenvalue weighted by molar-refractivity contribution is 7.92. The summed E-state index contributed by atoms with van der Waals surface area (Å²) < 4.78 is 30.7. The van der Waals surface area contributed by atoms with Crippen molar-refractivity contribution in [3.05, 3.63) is 59.0 Å². The van der Waals surface area contributed by atoms with E-state index < -0.39 is 10.0 Å². The van der Waals surface area contributed by atoms with Gasteiger partial charge in [-0.15, -0.1) is 11.3 Å². The summed E-state index contributed by atoms with van der Waals surface area (Å²) in [6.07, 6.45) is 1.89. The molecule has 0 saturated heterocycles. The van der Waals surface area contributed by atoms with E-state index in [9.17, 15) is 13.2 Å². The number of anilines is 1. The molecule has 0 aliphatic heterocycles. The van der Waals surface area contributed by atoms with Crippen LogP contribution in [0.2, 0.25) is 0 Å². The number of thiophene rings is 1. The van der Waals surface area contributed by atoms with Crippen LogP contribution in [-0.4, -0.2) is 41.3 Å². The van der Waals surface area contributed by atoms with E-state index >= 15 is 0 Å². The lowest BCUT2D eigenvalue weighted by Crippen LogP contribution is -2.24. The third-order valence-electron chi connectivity index (χ3n) is 4.44. The predicted octanol–water partition coefficient (Wildman–Crippen LogP) is 3.28. The number of hydrogen-bond donors (Lipinski definition) is 1. The maximum Gasteiger partial charge on any atom is 0.261 e. The smallest absolute Gasteiger partial charge is 0.261 e. The van der Waals surface area contributed by atoms with E-state index in [1.54, 1.807) is 25.3 Å². The van der Waals surface area contributed by atoms with E-state index in [-0.39, 0.29) is 5.91 Å². The van der Waals surface area contributed by atoms with Crippen LogP contribution in [0.1, 0.15) is 15.2 Å². The van der Waals surface area contributed by atoms with Crippen LogP contribution in [0, 0.1) is 0 Å². The first kappa shape index (κ1) is 20.2. The Kier molecular flexibility index (Phi) is 5.90. The van der Waals surface area contributed by atoms with Crippen LogP contribution in [0.3, 0.4) is 0 Å². The Morgan fingerprint density at radius 1 is 1.14 bits per heavy atom. The van der Waals surface area contributed by atoms with E-state index in [1.807, 2.05) is 30.3 Å². The number of fused-ring (bicyclic) bond motifs is 1. The second kappa shape index (κ2) is 8.20. The summed E-state index contributed by atoms with van der Waals surface area (Å²) in [5, 5.41) is 3.78. The number of nitrogens with zero attached hydrogens (tertiary/aromatic N) is 1. The predicted molar refractivity (Wildman–Crippen MR) is 114 cm³/mol. The maximum absolute atomic E-state index is 12.5. The van der Waals surface area contributed by atoms with Crippen molar-refractivity contribution in [3.63, 3.8) is 0 Å². The van der Waals surface area contributed by atoms with Gasteiger partial charge in [0.25, 0.3) is 5.91 Å². The lowest BCUT2D eigenvalue weighted by Gasteiger charge is -2.16. The summed E-state index contributed by atoms with van der Waals surface area (Å²) in [4.78, 5) is 13.1. The normalized spacial score (nSPS) is 11.4. The van der Waals surface area contributed by atoms with E-state index in [0.29, 0.717) is 17.1 Å². The summed E-state index contributed by atoms with van der Waals surface area (Å²) in [5.41, 5.74) is 1.69. The zero-order valence-electron chi connectivity index (χ0n) is 15.9. The highest BCUT2D eigenvalue weighted by Crippen LogP contribution is 2.29. The van der Waals surface area contributed by atoms with Crippen LogP contribution in [-0.2, 0) is 16.4 Å². The van der Waals surface area contributed by atoms with Crippen molar-refractivity contribution in [3.8, 4) is 5.75 Å². The van der Waals surface area contributed by atoms with Crippen LogP contribution in [0.4, 0.5) is 5.69 Å². The lowest BCUT2D eigenvalue weighted by atomic mass is 10.1. The van der Waals surface area contributed by atoms with Gasteiger partial charge in [-0.05, 0) is 53.8 Å². The van der Waals surface area contributed by atoms with Gasteiger partial charge in [-0.3, -0.25) is 9.10 Å². The molecule has 3 rings (SSSR count). The van der Waals surface area contributed by atoms with Gasteiger partial charge >= 0.3 is 0 Å². The molecule has 28 heavy (non-hydrogen) atoms. The fraction of sp³-hybridized carbons (Fsp3) is 0.250. The van der Waals surface area contributed by atoms with Gasteiger partial charge in [0.05, 0.1) is 23.9 Å². The van der Waals surface area contributed by atoms with Crippen molar-refractivity contribution in [2.45, 2.75) is 6.42 Å². The summed E-state index contributed by atoms with van der Waals surface area (Å²) in [6, 6.07) is 14.9. The number of sulfonamides is 1. The standard InChI is InChI=1S/C20H22N2O4S2/c1-22(28(3,24)25)16-6-9-18-15(12-16)13-19(27-18)20(23)21-11-10-14-4-7-17(26-2)8-5-14/h4-9,12-13H,10-11H2,1-3H3,(H,21,23). The first-order valence-electron chi connectivity index (χ1n) is 8.66. The summed E-state index contributed by atoms with van der Waals surface area (Å²) in [5.74, 6) is 0.673. The topological polar surface area (TPSA) is 75.7 Å². The van der Waals surface area contributed by atoms with Gasteiger partial charge in [-0.1, -0.05) is 12.1 Å². The molecule has 1 amide bonds. The fourth-order valence-electron chi connectivity index (χ4n) is 2.73. The Bertz CT molecular complexity index is 1090. The number of methoxy groups -OCH3 is 1. The second-order valence-corrected chi connectivity index (χ2v) is 9.51.